The summed E-state index contributed by atoms with van der Waals surface area (Å²) in [5.74, 6) is 0.660. The molecular formula is C39H29NO. The van der Waals surface area contributed by atoms with Crippen molar-refractivity contribution >= 4 is 43.4 Å². The number of oxazole rings is 1. The van der Waals surface area contributed by atoms with Gasteiger partial charge < -0.3 is 4.42 Å². The molecule has 7 aromatic carbocycles. The van der Waals surface area contributed by atoms with Gasteiger partial charge >= 0.3 is 0 Å². The standard InChI is InChI=1S/C39H29NO/c1-22-5-9-26(10-6-22)29-14-11-27-12-15-31-33(28-13-7-23(2)19-25(28)4)21-34(32-17-16-30(29)37(27)38(31)32)39-40-35-18-8-24(3)20-36(35)41-39/h5-21H,1-4H3. The Balaban J connectivity index is 1.52. The van der Waals surface area contributed by atoms with Crippen LogP contribution in [0.3, 0.4) is 0 Å². The number of fused-ring (bicyclic) bond motifs is 1. The van der Waals surface area contributed by atoms with Gasteiger partial charge in [0.1, 0.15) is 5.52 Å². The fourth-order valence-corrected chi connectivity index (χ4v) is 6.54. The van der Waals surface area contributed by atoms with E-state index in [0.717, 1.165) is 27.6 Å². The maximum atomic E-state index is 6.46. The van der Waals surface area contributed by atoms with Gasteiger partial charge in [-0.3, -0.25) is 0 Å². The van der Waals surface area contributed by atoms with Crippen molar-refractivity contribution in [3.05, 3.63) is 125 Å². The minimum absolute atomic E-state index is 0.660. The van der Waals surface area contributed by atoms with E-state index in [1.807, 2.05) is 6.07 Å². The summed E-state index contributed by atoms with van der Waals surface area (Å²) in [5, 5.41) is 7.47. The lowest BCUT2D eigenvalue weighted by molar-refractivity contribution is 0.620. The van der Waals surface area contributed by atoms with Crippen LogP contribution in [0.15, 0.2) is 108 Å². The third-order valence-corrected chi connectivity index (χ3v) is 8.59. The van der Waals surface area contributed by atoms with Gasteiger partial charge in [0.2, 0.25) is 5.89 Å². The maximum Gasteiger partial charge on any atom is 0.227 e. The number of benzene rings is 7. The Hall–Kier alpha value is -4.95. The molecule has 8 aromatic rings. The largest absolute Gasteiger partial charge is 0.436 e. The first-order valence-electron chi connectivity index (χ1n) is 14.2. The van der Waals surface area contributed by atoms with Crippen LogP contribution in [0, 0.1) is 27.7 Å². The Labute approximate surface area is 239 Å². The lowest BCUT2D eigenvalue weighted by Gasteiger charge is -2.19. The third-order valence-electron chi connectivity index (χ3n) is 8.59. The van der Waals surface area contributed by atoms with Crippen LogP contribution in [0.25, 0.3) is 77.1 Å². The molecule has 0 N–H and O–H groups in total. The maximum absolute atomic E-state index is 6.46. The normalized spacial score (nSPS) is 11.9. The summed E-state index contributed by atoms with van der Waals surface area (Å²) in [6.07, 6.45) is 0. The van der Waals surface area contributed by atoms with E-state index in [0.29, 0.717) is 5.89 Å². The number of hydrogen-bond donors (Lipinski definition) is 0. The molecule has 0 spiro atoms. The fraction of sp³-hybridized carbons (Fsp3) is 0.103. The molecule has 0 amide bonds. The molecule has 0 atom stereocenters. The zero-order valence-corrected chi connectivity index (χ0v) is 23.7. The highest BCUT2D eigenvalue weighted by Crippen LogP contribution is 2.46. The zero-order valence-electron chi connectivity index (χ0n) is 23.7. The van der Waals surface area contributed by atoms with Crippen molar-refractivity contribution in [1.82, 2.24) is 4.98 Å². The molecule has 0 unspecified atom stereocenters. The van der Waals surface area contributed by atoms with Gasteiger partial charge in [-0.15, -0.1) is 0 Å². The molecular weight excluding hydrogens is 498 g/mol. The van der Waals surface area contributed by atoms with Crippen molar-refractivity contribution in [2.45, 2.75) is 27.7 Å². The Morgan fingerprint density at radius 1 is 0.488 bits per heavy atom. The minimum Gasteiger partial charge on any atom is -0.436 e. The smallest absolute Gasteiger partial charge is 0.227 e. The van der Waals surface area contributed by atoms with Crippen molar-refractivity contribution in [3.8, 4) is 33.7 Å². The highest BCUT2D eigenvalue weighted by molar-refractivity contribution is 6.29. The number of hydrogen-bond acceptors (Lipinski definition) is 2. The van der Waals surface area contributed by atoms with E-state index in [2.05, 4.69) is 125 Å². The lowest BCUT2D eigenvalue weighted by Crippen LogP contribution is -1.93. The summed E-state index contributed by atoms with van der Waals surface area (Å²) >= 11 is 0. The third kappa shape index (κ3) is 3.68. The highest BCUT2D eigenvalue weighted by atomic mass is 16.3. The lowest BCUT2D eigenvalue weighted by atomic mass is 9.84. The van der Waals surface area contributed by atoms with Gasteiger partial charge in [-0.2, -0.15) is 0 Å². The second kappa shape index (κ2) is 8.78. The van der Waals surface area contributed by atoms with E-state index >= 15 is 0 Å². The van der Waals surface area contributed by atoms with Gasteiger partial charge in [0.25, 0.3) is 0 Å². The molecule has 0 aliphatic heterocycles. The van der Waals surface area contributed by atoms with E-state index in [4.69, 9.17) is 9.40 Å². The number of rotatable bonds is 3. The topological polar surface area (TPSA) is 26.0 Å². The second-order valence-electron chi connectivity index (χ2n) is 11.5. The van der Waals surface area contributed by atoms with Gasteiger partial charge in [-0.1, -0.05) is 96.1 Å². The first-order valence-corrected chi connectivity index (χ1v) is 14.2. The summed E-state index contributed by atoms with van der Waals surface area (Å²) in [5.41, 5.74) is 12.6. The van der Waals surface area contributed by atoms with Crippen LogP contribution in [0.5, 0.6) is 0 Å². The van der Waals surface area contributed by atoms with Crippen LogP contribution in [-0.4, -0.2) is 4.98 Å². The van der Waals surface area contributed by atoms with Crippen molar-refractivity contribution in [3.63, 3.8) is 0 Å². The summed E-state index contributed by atoms with van der Waals surface area (Å²) in [6.45, 7) is 8.58. The average Bonchev–Trinajstić information content (AvgIpc) is 3.39. The molecule has 0 radical (unpaired) electrons. The van der Waals surface area contributed by atoms with E-state index in [1.165, 1.54) is 65.9 Å². The molecule has 0 bridgehead atoms. The molecule has 0 fully saturated rings. The van der Waals surface area contributed by atoms with E-state index in [9.17, 15) is 0 Å². The van der Waals surface area contributed by atoms with E-state index in [-0.39, 0.29) is 0 Å². The molecule has 0 saturated carbocycles. The summed E-state index contributed by atoms with van der Waals surface area (Å²) < 4.78 is 6.46. The predicted molar refractivity (Wildman–Crippen MR) is 173 cm³/mol. The molecule has 1 aromatic heterocycles. The second-order valence-corrected chi connectivity index (χ2v) is 11.5. The molecule has 196 valence electrons. The Morgan fingerprint density at radius 3 is 1.93 bits per heavy atom. The number of aromatic nitrogens is 1. The van der Waals surface area contributed by atoms with Crippen molar-refractivity contribution in [1.29, 1.82) is 0 Å². The molecule has 2 nitrogen and oxygen atoms in total. The van der Waals surface area contributed by atoms with Crippen LogP contribution in [0.1, 0.15) is 22.3 Å². The van der Waals surface area contributed by atoms with E-state index in [1.54, 1.807) is 0 Å². The fourth-order valence-electron chi connectivity index (χ4n) is 6.54. The van der Waals surface area contributed by atoms with Crippen molar-refractivity contribution < 1.29 is 4.42 Å². The molecule has 0 saturated heterocycles. The van der Waals surface area contributed by atoms with Gasteiger partial charge in [-0.05, 0) is 112 Å². The molecule has 2 heteroatoms. The molecule has 0 aliphatic rings. The first-order chi connectivity index (χ1) is 19.9. The number of aryl methyl sites for hydroxylation is 4. The Morgan fingerprint density at radius 2 is 1.12 bits per heavy atom. The van der Waals surface area contributed by atoms with Crippen LogP contribution in [-0.2, 0) is 0 Å². The summed E-state index contributed by atoms with van der Waals surface area (Å²) in [6, 6.07) is 37.7. The molecule has 0 aliphatic carbocycles. The minimum atomic E-state index is 0.660. The van der Waals surface area contributed by atoms with Crippen LogP contribution in [0.4, 0.5) is 0 Å². The predicted octanol–water partition coefficient (Wildman–Crippen LogP) is 11.0. The first kappa shape index (κ1) is 23.9. The van der Waals surface area contributed by atoms with E-state index < -0.39 is 0 Å². The quantitative estimate of drug-likeness (QED) is 0.214. The van der Waals surface area contributed by atoms with Gasteiger partial charge in [0.15, 0.2) is 5.58 Å². The summed E-state index contributed by atoms with van der Waals surface area (Å²) in [4.78, 5) is 4.98. The average molecular weight is 528 g/mol. The summed E-state index contributed by atoms with van der Waals surface area (Å²) in [7, 11) is 0. The SMILES string of the molecule is Cc1ccc(-c2ccc3ccc4c(-c5ccc(C)cc5C)cc(-c5nc6ccc(C)cc6o5)c5ccc2c3c54)cc1. The number of nitrogens with zero attached hydrogens (tertiary/aromatic N) is 1. The molecule has 8 rings (SSSR count). The van der Waals surface area contributed by atoms with Crippen LogP contribution in [0.2, 0.25) is 0 Å². The van der Waals surface area contributed by atoms with Gasteiger partial charge in [0.05, 0.1) is 0 Å². The molecule has 41 heavy (non-hydrogen) atoms. The Kier molecular flexibility index (Phi) is 5.11. The van der Waals surface area contributed by atoms with Crippen LogP contribution < -0.4 is 0 Å². The Bertz CT molecular complexity index is 2290. The molecule has 1 heterocycles. The monoisotopic (exact) mass is 527 g/mol. The van der Waals surface area contributed by atoms with Gasteiger partial charge in [-0.25, -0.2) is 4.98 Å². The van der Waals surface area contributed by atoms with Gasteiger partial charge in [0, 0.05) is 5.56 Å². The van der Waals surface area contributed by atoms with Crippen LogP contribution >= 0.6 is 0 Å². The highest BCUT2D eigenvalue weighted by Gasteiger charge is 2.21. The van der Waals surface area contributed by atoms with Crippen molar-refractivity contribution in [2.24, 2.45) is 0 Å². The zero-order chi connectivity index (χ0) is 27.8. The van der Waals surface area contributed by atoms with Crippen molar-refractivity contribution in [2.75, 3.05) is 0 Å².